The molecule has 126 valence electrons. The summed E-state index contributed by atoms with van der Waals surface area (Å²) >= 11 is 0. The summed E-state index contributed by atoms with van der Waals surface area (Å²) in [4.78, 5) is 25.5. The molecule has 0 radical (unpaired) electrons. The summed E-state index contributed by atoms with van der Waals surface area (Å²) in [5.41, 5.74) is 2.49. The maximum atomic E-state index is 12.3. The minimum Gasteiger partial charge on any atom is -0.391 e. The van der Waals surface area contributed by atoms with Gasteiger partial charge in [0.1, 0.15) is 0 Å². The van der Waals surface area contributed by atoms with Gasteiger partial charge in [0, 0.05) is 31.3 Å². The second-order valence-electron chi connectivity index (χ2n) is 6.12. The van der Waals surface area contributed by atoms with Crippen LogP contribution in [-0.2, 0) is 11.2 Å². The lowest BCUT2D eigenvalue weighted by Crippen LogP contribution is -2.36. The fraction of sp³-hybridized carbons (Fsp3) is 0.556. The van der Waals surface area contributed by atoms with Crippen LogP contribution in [0.25, 0.3) is 0 Å². The number of carbonyl (C=O) groups excluding carboxylic acids is 2. The van der Waals surface area contributed by atoms with Gasteiger partial charge in [0.05, 0.1) is 6.10 Å². The summed E-state index contributed by atoms with van der Waals surface area (Å²) in [5.74, 6) is 0.0489. The average Bonchev–Trinajstić information content (AvgIpc) is 2.97. The van der Waals surface area contributed by atoms with Crippen LogP contribution >= 0.6 is 0 Å². The highest BCUT2D eigenvalue weighted by Crippen LogP contribution is 2.28. The van der Waals surface area contributed by atoms with Crippen LogP contribution in [0.3, 0.4) is 0 Å². The Kier molecular flexibility index (Phi) is 5.77. The molecule has 0 saturated carbocycles. The lowest BCUT2D eigenvalue weighted by molar-refractivity contribution is -0.116. The molecule has 1 atom stereocenters. The van der Waals surface area contributed by atoms with Gasteiger partial charge in [-0.2, -0.15) is 0 Å². The van der Waals surface area contributed by atoms with Crippen LogP contribution in [0, 0.1) is 5.92 Å². The molecule has 1 aromatic rings. The van der Waals surface area contributed by atoms with E-state index in [0.717, 1.165) is 30.5 Å². The number of rotatable bonds is 6. The van der Waals surface area contributed by atoms with Crippen LogP contribution in [0.4, 0.5) is 5.69 Å². The number of hydrogen-bond donors (Lipinski definition) is 2. The molecule has 0 fully saturated rings. The number of carbonyl (C=O) groups is 2. The Morgan fingerprint density at radius 2 is 2.00 bits per heavy atom. The van der Waals surface area contributed by atoms with Crippen molar-refractivity contribution in [1.82, 2.24) is 5.32 Å². The van der Waals surface area contributed by atoms with E-state index in [9.17, 15) is 14.7 Å². The maximum Gasteiger partial charge on any atom is 0.251 e. The number of benzene rings is 1. The van der Waals surface area contributed by atoms with Crippen molar-refractivity contribution in [3.8, 4) is 0 Å². The van der Waals surface area contributed by atoms with E-state index in [-0.39, 0.29) is 24.3 Å². The van der Waals surface area contributed by atoms with Gasteiger partial charge in [0.15, 0.2) is 0 Å². The molecule has 23 heavy (non-hydrogen) atoms. The molecule has 0 spiro atoms. The first kappa shape index (κ1) is 17.5. The monoisotopic (exact) mass is 318 g/mol. The van der Waals surface area contributed by atoms with Crippen molar-refractivity contribution < 1.29 is 14.7 Å². The van der Waals surface area contributed by atoms with Crippen LogP contribution in [0.15, 0.2) is 18.2 Å². The molecular weight excluding hydrogens is 292 g/mol. The highest BCUT2D eigenvalue weighted by atomic mass is 16.3. The third kappa shape index (κ3) is 3.91. The number of amides is 2. The highest BCUT2D eigenvalue weighted by Gasteiger charge is 2.23. The van der Waals surface area contributed by atoms with E-state index in [2.05, 4.69) is 5.32 Å². The quantitative estimate of drug-likeness (QED) is 0.844. The van der Waals surface area contributed by atoms with Gasteiger partial charge < -0.3 is 15.3 Å². The molecule has 2 amide bonds. The van der Waals surface area contributed by atoms with Crippen LogP contribution in [0.1, 0.15) is 49.5 Å². The normalized spacial score (nSPS) is 14.7. The zero-order valence-corrected chi connectivity index (χ0v) is 14.1. The van der Waals surface area contributed by atoms with Crippen molar-refractivity contribution in [1.29, 1.82) is 0 Å². The smallest absolute Gasteiger partial charge is 0.251 e. The zero-order valence-electron chi connectivity index (χ0n) is 14.1. The summed E-state index contributed by atoms with van der Waals surface area (Å²) in [5, 5.41) is 12.9. The Hall–Kier alpha value is -1.88. The molecule has 1 heterocycles. The van der Waals surface area contributed by atoms with E-state index in [0.29, 0.717) is 12.1 Å². The third-order valence-corrected chi connectivity index (χ3v) is 4.68. The first-order chi connectivity index (χ1) is 11.0. The molecule has 1 aromatic carbocycles. The summed E-state index contributed by atoms with van der Waals surface area (Å²) in [6, 6.07) is 5.41. The predicted octanol–water partition coefficient (Wildman–Crippen LogP) is 2.12. The largest absolute Gasteiger partial charge is 0.391 e. The van der Waals surface area contributed by atoms with E-state index in [1.54, 1.807) is 17.9 Å². The lowest BCUT2D eigenvalue weighted by atomic mass is 9.96. The van der Waals surface area contributed by atoms with Crippen molar-refractivity contribution >= 4 is 17.5 Å². The summed E-state index contributed by atoms with van der Waals surface area (Å²) in [6.07, 6.45) is 2.05. The molecule has 1 aliphatic heterocycles. The standard InChI is InChI=1S/C18H26N2O3/c1-4-13(5-2)17(22)11-19-18(23)15-6-7-16-14(10-15)8-9-20(16)12(3)21/h6-7,10,13,17,22H,4-5,8-9,11H2,1-3H3,(H,19,23). The zero-order chi connectivity index (χ0) is 17.0. The van der Waals surface area contributed by atoms with E-state index in [1.165, 1.54) is 0 Å². The number of anilines is 1. The molecule has 1 unspecified atom stereocenters. The fourth-order valence-electron chi connectivity index (χ4n) is 3.17. The van der Waals surface area contributed by atoms with Gasteiger partial charge >= 0.3 is 0 Å². The molecule has 2 rings (SSSR count). The maximum absolute atomic E-state index is 12.3. The van der Waals surface area contributed by atoms with E-state index >= 15 is 0 Å². The van der Waals surface area contributed by atoms with Crippen LogP contribution in [-0.4, -0.2) is 36.1 Å². The minimum absolute atomic E-state index is 0.0225. The Labute approximate surface area is 137 Å². The van der Waals surface area contributed by atoms with E-state index in [4.69, 9.17) is 0 Å². The second-order valence-corrected chi connectivity index (χ2v) is 6.12. The Balaban J connectivity index is 2.00. The fourth-order valence-corrected chi connectivity index (χ4v) is 3.17. The number of fused-ring (bicyclic) bond motifs is 1. The lowest BCUT2D eigenvalue weighted by Gasteiger charge is -2.20. The van der Waals surface area contributed by atoms with Gasteiger partial charge in [-0.1, -0.05) is 26.7 Å². The van der Waals surface area contributed by atoms with Crippen molar-refractivity contribution in [3.63, 3.8) is 0 Å². The van der Waals surface area contributed by atoms with Crippen molar-refractivity contribution in [3.05, 3.63) is 29.3 Å². The van der Waals surface area contributed by atoms with Crippen molar-refractivity contribution in [2.75, 3.05) is 18.0 Å². The van der Waals surface area contributed by atoms with Crippen LogP contribution in [0.2, 0.25) is 0 Å². The van der Waals surface area contributed by atoms with Crippen LogP contribution in [0.5, 0.6) is 0 Å². The Morgan fingerprint density at radius 1 is 1.30 bits per heavy atom. The summed E-state index contributed by atoms with van der Waals surface area (Å²) in [6.45, 7) is 6.57. The van der Waals surface area contributed by atoms with Gasteiger partial charge in [-0.3, -0.25) is 9.59 Å². The molecule has 0 aromatic heterocycles. The Morgan fingerprint density at radius 3 is 2.61 bits per heavy atom. The van der Waals surface area contributed by atoms with Crippen molar-refractivity contribution in [2.45, 2.75) is 46.1 Å². The van der Waals surface area contributed by atoms with Crippen LogP contribution < -0.4 is 10.2 Å². The average molecular weight is 318 g/mol. The van der Waals surface area contributed by atoms with Gasteiger partial charge in [-0.05, 0) is 36.1 Å². The first-order valence-corrected chi connectivity index (χ1v) is 8.35. The highest BCUT2D eigenvalue weighted by molar-refractivity contribution is 5.97. The molecule has 0 saturated heterocycles. The second kappa shape index (κ2) is 7.59. The van der Waals surface area contributed by atoms with Gasteiger partial charge in [0.25, 0.3) is 5.91 Å². The van der Waals surface area contributed by atoms with Gasteiger partial charge in [0.2, 0.25) is 5.91 Å². The number of aliphatic hydroxyl groups excluding tert-OH is 1. The first-order valence-electron chi connectivity index (χ1n) is 8.35. The SMILES string of the molecule is CCC(CC)C(O)CNC(=O)c1ccc2c(c1)CCN2C(C)=O. The predicted molar refractivity (Wildman–Crippen MR) is 90.6 cm³/mol. The number of hydrogen-bond acceptors (Lipinski definition) is 3. The number of nitrogens with one attached hydrogen (secondary N) is 1. The molecule has 5 nitrogen and oxygen atoms in total. The minimum atomic E-state index is -0.517. The van der Waals surface area contributed by atoms with Gasteiger partial charge in [-0.25, -0.2) is 0 Å². The molecule has 0 aliphatic carbocycles. The van der Waals surface area contributed by atoms with Crippen molar-refractivity contribution in [2.24, 2.45) is 5.92 Å². The van der Waals surface area contributed by atoms with E-state index in [1.807, 2.05) is 26.0 Å². The third-order valence-electron chi connectivity index (χ3n) is 4.68. The van der Waals surface area contributed by atoms with Gasteiger partial charge in [-0.15, -0.1) is 0 Å². The molecule has 5 heteroatoms. The topological polar surface area (TPSA) is 69.6 Å². The number of nitrogens with zero attached hydrogens (tertiary/aromatic N) is 1. The molecule has 0 bridgehead atoms. The molecular formula is C18H26N2O3. The summed E-state index contributed by atoms with van der Waals surface area (Å²) < 4.78 is 0. The Bertz CT molecular complexity index is 582. The number of aliphatic hydroxyl groups is 1. The molecule has 2 N–H and O–H groups in total. The molecule has 1 aliphatic rings. The summed E-state index contributed by atoms with van der Waals surface area (Å²) in [7, 11) is 0. The van der Waals surface area contributed by atoms with E-state index < -0.39 is 6.10 Å².